The molecular weight excluding hydrogens is 359 g/mol. The molecule has 1 aliphatic rings. The lowest BCUT2D eigenvalue weighted by atomic mass is 10.1. The second-order valence-electron chi connectivity index (χ2n) is 6.73. The zero-order valence-electron chi connectivity index (χ0n) is 15.4. The summed E-state index contributed by atoms with van der Waals surface area (Å²) >= 11 is 0. The minimum atomic E-state index is -0.432. The van der Waals surface area contributed by atoms with E-state index >= 15 is 0 Å². The zero-order chi connectivity index (χ0) is 19.3. The number of nitrogens with zero attached hydrogens (tertiary/aromatic N) is 2. The predicted molar refractivity (Wildman–Crippen MR) is 104 cm³/mol. The fraction of sp³-hybridized carbons (Fsp3) is 0.273. The minimum Gasteiger partial charge on any atom is -0.488 e. The van der Waals surface area contributed by atoms with Gasteiger partial charge in [0.05, 0.1) is 5.56 Å². The van der Waals surface area contributed by atoms with E-state index in [0.29, 0.717) is 30.1 Å². The number of ether oxygens (including phenoxy) is 2. The van der Waals surface area contributed by atoms with E-state index in [1.807, 2.05) is 30.3 Å². The van der Waals surface area contributed by atoms with Gasteiger partial charge in [-0.15, -0.1) is 0 Å². The van der Waals surface area contributed by atoms with Crippen LogP contribution in [0.1, 0.15) is 31.1 Å². The molecule has 1 unspecified atom stereocenters. The van der Waals surface area contributed by atoms with Gasteiger partial charge in [0.1, 0.15) is 18.2 Å². The maximum atomic E-state index is 14.0. The number of hydrogen-bond donors (Lipinski definition) is 0. The van der Waals surface area contributed by atoms with E-state index in [1.165, 1.54) is 16.8 Å². The van der Waals surface area contributed by atoms with Gasteiger partial charge < -0.3 is 9.47 Å². The Bertz CT molecular complexity index is 998. The lowest BCUT2D eigenvalue weighted by Crippen LogP contribution is -2.31. The maximum Gasteiger partial charge on any atom is 0.277 e. The first-order chi connectivity index (χ1) is 13.7. The third-order valence-corrected chi connectivity index (χ3v) is 4.77. The van der Waals surface area contributed by atoms with E-state index in [0.717, 1.165) is 24.8 Å². The van der Waals surface area contributed by atoms with Crippen molar-refractivity contribution in [3.05, 3.63) is 82.5 Å². The molecule has 0 amide bonds. The van der Waals surface area contributed by atoms with Gasteiger partial charge in [0.2, 0.25) is 0 Å². The Morgan fingerprint density at radius 1 is 1.11 bits per heavy atom. The normalized spacial score (nSPS) is 16.7. The van der Waals surface area contributed by atoms with Crippen LogP contribution in [0.2, 0.25) is 0 Å². The van der Waals surface area contributed by atoms with E-state index in [4.69, 9.17) is 9.47 Å². The molecule has 2 heterocycles. The third kappa shape index (κ3) is 3.97. The van der Waals surface area contributed by atoms with Crippen molar-refractivity contribution in [2.45, 2.75) is 32.1 Å². The molecule has 1 aromatic heterocycles. The van der Waals surface area contributed by atoms with Crippen molar-refractivity contribution in [2.24, 2.45) is 0 Å². The Morgan fingerprint density at radius 2 is 1.96 bits per heavy atom. The van der Waals surface area contributed by atoms with Crippen molar-refractivity contribution < 1.29 is 13.9 Å². The largest absolute Gasteiger partial charge is 0.488 e. The quantitative estimate of drug-likeness (QED) is 0.661. The van der Waals surface area contributed by atoms with Crippen LogP contribution < -0.4 is 10.3 Å². The number of hydrogen-bond acceptors (Lipinski definition) is 4. The molecule has 1 aliphatic heterocycles. The van der Waals surface area contributed by atoms with Crippen LogP contribution in [0.15, 0.2) is 65.6 Å². The second kappa shape index (κ2) is 8.35. The molecule has 144 valence electrons. The molecule has 1 saturated heterocycles. The molecule has 0 bridgehead atoms. The van der Waals surface area contributed by atoms with Gasteiger partial charge in [-0.3, -0.25) is 4.79 Å². The Kier molecular flexibility index (Phi) is 5.48. The molecule has 28 heavy (non-hydrogen) atoms. The van der Waals surface area contributed by atoms with Gasteiger partial charge in [-0.2, -0.15) is 5.10 Å². The summed E-state index contributed by atoms with van der Waals surface area (Å²) in [7, 11) is 0. The molecular formula is C22H21FN2O3. The molecule has 3 aromatic rings. The van der Waals surface area contributed by atoms with Crippen LogP contribution in [-0.2, 0) is 11.3 Å². The van der Waals surface area contributed by atoms with Crippen LogP contribution >= 0.6 is 0 Å². The highest BCUT2D eigenvalue weighted by Gasteiger charge is 2.21. The van der Waals surface area contributed by atoms with Crippen molar-refractivity contribution in [1.29, 1.82) is 0 Å². The molecule has 0 saturated carbocycles. The third-order valence-electron chi connectivity index (χ3n) is 4.77. The molecule has 2 aromatic carbocycles. The summed E-state index contributed by atoms with van der Waals surface area (Å²) in [6, 6.07) is 15.5. The smallest absolute Gasteiger partial charge is 0.277 e. The van der Waals surface area contributed by atoms with Crippen LogP contribution in [0.4, 0.5) is 4.39 Å². The van der Waals surface area contributed by atoms with Crippen LogP contribution in [0.5, 0.6) is 5.75 Å². The molecule has 6 heteroatoms. The van der Waals surface area contributed by atoms with Gasteiger partial charge >= 0.3 is 0 Å². The average molecular weight is 380 g/mol. The van der Waals surface area contributed by atoms with Crippen LogP contribution in [0, 0.1) is 5.82 Å². The highest BCUT2D eigenvalue weighted by molar-refractivity contribution is 5.69. The summed E-state index contributed by atoms with van der Waals surface area (Å²) in [6.07, 6.45) is 3.85. The first kappa shape index (κ1) is 18.4. The standard InChI is InChI=1S/C22H21FN2O3/c23-17-9-10-20(28-15-16-6-2-1-3-7-16)19(14-17)18-11-12-24-25(22(18)26)21-8-4-5-13-27-21/h1-3,6-7,9-12,14,21H,4-5,8,13,15H2. The predicted octanol–water partition coefficient (Wildman–Crippen LogP) is 4.33. The molecule has 0 radical (unpaired) electrons. The van der Waals surface area contributed by atoms with Crippen LogP contribution in [0.25, 0.3) is 11.1 Å². The number of benzene rings is 2. The van der Waals surface area contributed by atoms with Gasteiger partial charge in [0.25, 0.3) is 5.56 Å². The molecule has 4 rings (SSSR count). The monoisotopic (exact) mass is 380 g/mol. The number of aromatic nitrogens is 2. The first-order valence-electron chi connectivity index (χ1n) is 9.38. The van der Waals surface area contributed by atoms with Gasteiger partial charge in [-0.1, -0.05) is 30.3 Å². The van der Waals surface area contributed by atoms with Crippen molar-refractivity contribution >= 4 is 0 Å². The van der Waals surface area contributed by atoms with Gasteiger partial charge in [-0.05, 0) is 49.1 Å². The van der Waals surface area contributed by atoms with Crippen molar-refractivity contribution in [3.8, 4) is 16.9 Å². The lowest BCUT2D eigenvalue weighted by Gasteiger charge is -2.23. The van der Waals surface area contributed by atoms with Gasteiger partial charge in [0, 0.05) is 18.4 Å². The average Bonchev–Trinajstić information content (AvgIpc) is 2.74. The Morgan fingerprint density at radius 3 is 2.75 bits per heavy atom. The van der Waals surface area contributed by atoms with E-state index in [2.05, 4.69) is 5.10 Å². The van der Waals surface area contributed by atoms with Crippen molar-refractivity contribution in [3.63, 3.8) is 0 Å². The fourth-order valence-corrected chi connectivity index (χ4v) is 3.33. The van der Waals surface area contributed by atoms with E-state index in [-0.39, 0.29) is 11.8 Å². The van der Waals surface area contributed by atoms with Crippen molar-refractivity contribution in [1.82, 2.24) is 9.78 Å². The summed E-state index contributed by atoms with van der Waals surface area (Å²) in [5.41, 5.74) is 1.42. The highest BCUT2D eigenvalue weighted by atomic mass is 19.1. The molecule has 0 aliphatic carbocycles. The summed E-state index contributed by atoms with van der Waals surface area (Å²) in [6.45, 7) is 0.929. The van der Waals surface area contributed by atoms with Gasteiger partial charge in [-0.25, -0.2) is 9.07 Å². The second-order valence-corrected chi connectivity index (χ2v) is 6.73. The maximum absolute atomic E-state index is 14.0. The molecule has 5 nitrogen and oxygen atoms in total. The zero-order valence-corrected chi connectivity index (χ0v) is 15.4. The lowest BCUT2D eigenvalue weighted by molar-refractivity contribution is -0.0423. The summed E-state index contributed by atoms with van der Waals surface area (Å²) in [5, 5.41) is 4.18. The summed E-state index contributed by atoms with van der Waals surface area (Å²) in [4.78, 5) is 13.0. The van der Waals surface area contributed by atoms with E-state index < -0.39 is 5.82 Å². The number of rotatable bonds is 5. The molecule has 0 N–H and O–H groups in total. The van der Waals surface area contributed by atoms with E-state index in [1.54, 1.807) is 18.3 Å². The molecule has 1 fully saturated rings. The highest BCUT2D eigenvalue weighted by Crippen LogP contribution is 2.30. The number of halogens is 1. The van der Waals surface area contributed by atoms with Crippen LogP contribution in [-0.4, -0.2) is 16.4 Å². The molecule has 0 spiro atoms. The van der Waals surface area contributed by atoms with Crippen LogP contribution in [0.3, 0.4) is 0 Å². The first-order valence-corrected chi connectivity index (χ1v) is 9.38. The summed E-state index contributed by atoms with van der Waals surface area (Å²) < 4.78 is 26.9. The topological polar surface area (TPSA) is 53.3 Å². The minimum absolute atomic E-state index is 0.315. The van der Waals surface area contributed by atoms with Crippen molar-refractivity contribution in [2.75, 3.05) is 6.61 Å². The fourth-order valence-electron chi connectivity index (χ4n) is 3.33. The van der Waals surface area contributed by atoms with E-state index in [9.17, 15) is 9.18 Å². The van der Waals surface area contributed by atoms with Gasteiger partial charge in [0.15, 0.2) is 6.23 Å². The SMILES string of the molecule is O=c1c(-c2cc(F)ccc2OCc2ccccc2)ccnn1C1CCCCO1. The molecule has 1 atom stereocenters. The Balaban J connectivity index is 1.68. The Hall–Kier alpha value is -2.99. The Labute approximate surface area is 162 Å². The summed E-state index contributed by atoms with van der Waals surface area (Å²) in [5.74, 6) is 0.0170.